The van der Waals surface area contributed by atoms with E-state index in [-0.39, 0.29) is 5.91 Å². The maximum atomic E-state index is 12.4. The summed E-state index contributed by atoms with van der Waals surface area (Å²) in [5, 5.41) is 1.11. The molecule has 3 aromatic rings. The zero-order chi connectivity index (χ0) is 18.3. The van der Waals surface area contributed by atoms with Crippen molar-refractivity contribution in [2.75, 3.05) is 7.05 Å². The van der Waals surface area contributed by atoms with Gasteiger partial charge in [0.25, 0.3) is 5.91 Å². The molecule has 0 aliphatic carbocycles. The lowest BCUT2D eigenvalue weighted by atomic mass is 10.1. The minimum absolute atomic E-state index is 0.0426. The topological polar surface area (TPSA) is 25.2 Å². The fourth-order valence-corrected chi connectivity index (χ4v) is 4.54. The summed E-state index contributed by atoms with van der Waals surface area (Å²) < 4.78 is 3.82. The van der Waals surface area contributed by atoms with E-state index in [1.807, 2.05) is 30.3 Å². The van der Waals surface area contributed by atoms with Gasteiger partial charge in [-0.15, -0.1) is 0 Å². The highest BCUT2D eigenvalue weighted by molar-refractivity contribution is 9.10. The molecule has 1 amide bonds. The lowest BCUT2D eigenvalue weighted by molar-refractivity contribution is -0.121. The summed E-state index contributed by atoms with van der Waals surface area (Å²) in [7, 11) is 1.72. The van der Waals surface area contributed by atoms with Gasteiger partial charge in [0, 0.05) is 40.7 Å². The van der Waals surface area contributed by atoms with Gasteiger partial charge in [-0.2, -0.15) is 0 Å². The molecule has 2 aromatic carbocycles. The standard InChI is InChI=1S/C20H15BrN2OS2/c1-22-19(24)18(26-20(22)25)9-14-12-23(11-13-5-3-2-4-6-13)17-8-7-15(21)10-16(14)17/h2-10,12H,11H2,1H3/b18-9-. The van der Waals surface area contributed by atoms with Crippen molar-refractivity contribution in [3.05, 3.63) is 75.2 Å². The van der Waals surface area contributed by atoms with Crippen LogP contribution in [0.15, 0.2) is 64.1 Å². The molecule has 1 aromatic heterocycles. The fourth-order valence-electron chi connectivity index (χ4n) is 3.01. The molecule has 0 N–H and O–H groups in total. The number of thioether (sulfide) groups is 1. The summed E-state index contributed by atoms with van der Waals surface area (Å²) in [5.41, 5.74) is 3.39. The molecule has 0 saturated carbocycles. The van der Waals surface area contributed by atoms with Crippen LogP contribution in [0.5, 0.6) is 0 Å². The zero-order valence-corrected chi connectivity index (χ0v) is 17.2. The molecule has 26 heavy (non-hydrogen) atoms. The number of hydrogen-bond acceptors (Lipinski definition) is 3. The molecule has 1 saturated heterocycles. The van der Waals surface area contributed by atoms with E-state index in [0.717, 1.165) is 27.5 Å². The molecule has 1 aliphatic heterocycles. The molecular formula is C20H15BrN2OS2. The van der Waals surface area contributed by atoms with Crippen molar-refractivity contribution < 1.29 is 4.79 Å². The van der Waals surface area contributed by atoms with Crippen molar-refractivity contribution in [1.29, 1.82) is 0 Å². The molecule has 3 nitrogen and oxygen atoms in total. The van der Waals surface area contributed by atoms with Crippen molar-refractivity contribution in [1.82, 2.24) is 9.47 Å². The molecule has 1 fully saturated rings. The Hall–Kier alpha value is -1.89. The predicted molar refractivity (Wildman–Crippen MR) is 116 cm³/mol. The second kappa shape index (κ2) is 7.02. The first-order valence-electron chi connectivity index (χ1n) is 8.07. The molecule has 130 valence electrons. The Morgan fingerprint density at radius 3 is 2.65 bits per heavy atom. The third kappa shape index (κ3) is 3.24. The Morgan fingerprint density at radius 2 is 1.96 bits per heavy atom. The highest BCUT2D eigenvalue weighted by Gasteiger charge is 2.29. The van der Waals surface area contributed by atoms with E-state index >= 15 is 0 Å². The average Bonchev–Trinajstić information content (AvgIpc) is 3.08. The first-order valence-corrected chi connectivity index (χ1v) is 10.1. The highest BCUT2D eigenvalue weighted by Crippen LogP contribution is 2.34. The van der Waals surface area contributed by atoms with Crippen LogP contribution < -0.4 is 0 Å². The van der Waals surface area contributed by atoms with Crippen molar-refractivity contribution in [2.45, 2.75) is 6.54 Å². The predicted octanol–water partition coefficient (Wildman–Crippen LogP) is 5.28. The normalized spacial score (nSPS) is 16.2. The number of amides is 1. The lowest BCUT2D eigenvalue weighted by Gasteiger charge is -2.05. The van der Waals surface area contributed by atoms with Gasteiger partial charge in [-0.3, -0.25) is 9.69 Å². The molecular weight excluding hydrogens is 428 g/mol. The minimum Gasteiger partial charge on any atom is -0.342 e. The van der Waals surface area contributed by atoms with E-state index in [1.165, 1.54) is 22.2 Å². The third-order valence-electron chi connectivity index (χ3n) is 4.34. The van der Waals surface area contributed by atoms with Gasteiger partial charge < -0.3 is 4.57 Å². The fraction of sp³-hybridized carbons (Fsp3) is 0.100. The van der Waals surface area contributed by atoms with Gasteiger partial charge in [0.2, 0.25) is 0 Å². The number of carbonyl (C=O) groups excluding carboxylic acids is 1. The number of carbonyl (C=O) groups is 1. The number of halogens is 1. The van der Waals surface area contributed by atoms with Crippen molar-refractivity contribution in [2.24, 2.45) is 0 Å². The average molecular weight is 443 g/mol. The van der Waals surface area contributed by atoms with Gasteiger partial charge in [0.05, 0.1) is 4.91 Å². The third-order valence-corrected chi connectivity index (χ3v) is 6.32. The number of fused-ring (bicyclic) bond motifs is 1. The van der Waals surface area contributed by atoms with E-state index in [0.29, 0.717) is 9.23 Å². The van der Waals surface area contributed by atoms with Crippen molar-refractivity contribution >= 4 is 67.1 Å². The van der Waals surface area contributed by atoms with E-state index in [4.69, 9.17) is 12.2 Å². The number of hydrogen-bond donors (Lipinski definition) is 0. The van der Waals surface area contributed by atoms with Crippen LogP contribution >= 0.6 is 39.9 Å². The molecule has 0 spiro atoms. The van der Waals surface area contributed by atoms with Crippen LogP contribution in [0, 0.1) is 0 Å². The Morgan fingerprint density at radius 1 is 1.19 bits per heavy atom. The van der Waals surface area contributed by atoms with Gasteiger partial charge in [-0.25, -0.2) is 0 Å². The molecule has 4 rings (SSSR count). The smallest absolute Gasteiger partial charge is 0.265 e. The second-order valence-corrected chi connectivity index (χ2v) is 8.69. The Bertz CT molecular complexity index is 1060. The van der Waals surface area contributed by atoms with E-state index in [2.05, 4.69) is 51.0 Å². The number of thiocarbonyl (C=S) groups is 1. The van der Waals surface area contributed by atoms with Crippen LogP contribution in [0.1, 0.15) is 11.1 Å². The number of likely N-dealkylation sites (N-methyl/N-ethyl adjacent to an activating group) is 1. The van der Waals surface area contributed by atoms with Gasteiger partial charge in [-0.05, 0) is 29.8 Å². The number of aromatic nitrogens is 1. The molecule has 2 heterocycles. The second-order valence-electron chi connectivity index (χ2n) is 6.10. The van der Waals surface area contributed by atoms with Gasteiger partial charge in [-0.1, -0.05) is 70.2 Å². The van der Waals surface area contributed by atoms with E-state index in [9.17, 15) is 4.79 Å². The first kappa shape index (κ1) is 17.5. The molecule has 0 unspecified atom stereocenters. The van der Waals surface area contributed by atoms with Crippen molar-refractivity contribution in [3.8, 4) is 0 Å². The summed E-state index contributed by atoms with van der Waals surface area (Å²) in [6.07, 6.45) is 4.05. The molecule has 6 heteroatoms. The van der Waals surface area contributed by atoms with Crippen LogP contribution in [0.2, 0.25) is 0 Å². The molecule has 0 radical (unpaired) electrons. The minimum atomic E-state index is -0.0426. The van der Waals surface area contributed by atoms with Crippen molar-refractivity contribution in [3.63, 3.8) is 0 Å². The van der Waals surface area contributed by atoms with E-state index < -0.39 is 0 Å². The maximum Gasteiger partial charge on any atom is 0.265 e. The quantitative estimate of drug-likeness (QED) is 0.407. The van der Waals surface area contributed by atoms with Gasteiger partial charge in [0.15, 0.2) is 0 Å². The largest absolute Gasteiger partial charge is 0.342 e. The van der Waals surface area contributed by atoms with Crippen LogP contribution in [-0.2, 0) is 11.3 Å². The Kier molecular flexibility index (Phi) is 4.73. The van der Waals surface area contributed by atoms with Crippen LogP contribution in [0.25, 0.3) is 17.0 Å². The molecule has 0 atom stereocenters. The Labute approximate surface area is 169 Å². The van der Waals surface area contributed by atoms with Gasteiger partial charge >= 0.3 is 0 Å². The summed E-state index contributed by atoms with van der Waals surface area (Å²) >= 11 is 10.1. The number of nitrogens with zero attached hydrogens (tertiary/aromatic N) is 2. The lowest BCUT2D eigenvalue weighted by Crippen LogP contribution is -2.22. The van der Waals surface area contributed by atoms with Gasteiger partial charge in [0.1, 0.15) is 4.32 Å². The number of rotatable bonds is 3. The SMILES string of the molecule is CN1C(=O)/C(=C/c2cn(Cc3ccccc3)c3ccc(Br)cc23)SC1=S. The highest BCUT2D eigenvalue weighted by atomic mass is 79.9. The Balaban J connectivity index is 1.81. The first-order chi connectivity index (χ1) is 12.5. The van der Waals surface area contributed by atoms with E-state index in [1.54, 1.807) is 7.05 Å². The summed E-state index contributed by atoms with van der Waals surface area (Å²) in [4.78, 5) is 14.5. The molecule has 0 bridgehead atoms. The number of benzene rings is 2. The molecule has 1 aliphatic rings. The summed E-state index contributed by atoms with van der Waals surface area (Å²) in [6.45, 7) is 0.779. The zero-order valence-electron chi connectivity index (χ0n) is 14.0. The van der Waals surface area contributed by atoms with Crippen LogP contribution in [-0.4, -0.2) is 26.7 Å². The van der Waals surface area contributed by atoms with Crippen LogP contribution in [0.4, 0.5) is 0 Å². The van der Waals surface area contributed by atoms with Crippen LogP contribution in [0.3, 0.4) is 0 Å². The maximum absolute atomic E-state index is 12.4. The summed E-state index contributed by atoms with van der Waals surface area (Å²) in [5.74, 6) is -0.0426. The monoisotopic (exact) mass is 442 g/mol. The summed E-state index contributed by atoms with van der Waals surface area (Å²) in [6, 6.07) is 16.6.